The molecule has 1 aromatic heterocycles. The fraction of sp³-hybridized carbons (Fsp3) is 0.444. The van der Waals surface area contributed by atoms with E-state index in [4.69, 9.17) is 5.11 Å². The van der Waals surface area contributed by atoms with Crippen LogP contribution in [0.4, 0.5) is 0 Å². The monoisotopic (exact) mass is 342 g/mol. The molecule has 1 amide bonds. The van der Waals surface area contributed by atoms with Gasteiger partial charge < -0.3 is 10.0 Å². The maximum atomic E-state index is 12.4. The Morgan fingerprint density at radius 2 is 2.04 bits per heavy atom. The van der Waals surface area contributed by atoms with Gasteiger partial charge in [0, 0.05) is 32.0 Å². The predicted molar refractivity (Wildman–Crippen MR) is 91.2 cm³/mol. The summed E-state index contributed by atoms with van der Waals surface area (Å²) >= 11 is 0. The molecule has 1 atom stereocenters. The fourth-order valence-corrected chi connectivity index (χ4v) is 3.27. The van der Waals surface area contributed by atoms with Crippen LogP contribution in [0.5, 0.6) is 0 Å². The highest BCUT2D eigenvalue weighted by Gasteiger charge is 2.24. The average molecular weight is 342 g/mol. The Morgan fingerprint density at radius 3 is 2.72 bits per heavy atom. The predicted octanol–water partition coefficient (Wildman–Crippen LogP) is 2.16. The molecule has 0 spiro atoms. The minimum Gasteiger partial charge on any atom is -0.478 e. The standard InChI is InChI=1S/C18H22N4O3/c23-17(4-2-10-22-13-19-12-20-22)21-9-1-3-16(11-21)14-5-7-15(8-6-14)18(24)25/h5-8,12-13,16H,1-4,9-11H2,(H,24,25). The number of carbonyl (C=O) groups excluding carboxylic acids is 1. The molecular formula is C18H22N4O3. The van der Waals surface area contributed by atoms with Crippen LogP contribution in [0, 0.1) is 0 Å². The number of benzene rings is 1. The average Bonchev–Trinajstić information content (AvgIpc) is 3.15. The molecule has 132 valence electrons. The molecule has 0 saturated carbocycles. The van der Waals surface area contributed by atoms with E-state index in [0.717, 1.165) is 31.4 Å². The number of hydrogen-bond acceptors (Lipinski definition) is 4. The minimum atomic E-state index is -0.917. The summed E-state index contributed by atoms with van der Waals surface area (Å²) in [5, 5.41) is 13.0. The summed E-state index contributed by atoms with van der Waals surface area (Å²) in [5.41, 5.74) is 1.39. The molecule has 25 heavy (non-hydrogen) atoms. The molecule has 2 aromatic rings. The molecule has 1 fully saturated rings. The van der Waals surface area contributed by atoms with Gasteiger partial charge in [-0.25, -0.2) is 9.78 Å². The number of aromatic nitrogens is 3. The first kappa shape index (κ1) is 17.1. The Morgan fingerprint density at radius 1 is 1.24 bits per heavy atom. The van der Waals surface area contributed by atoms with Crippen LogP contribution in [0.1, 0.15) is 47.5 Å². The highest BCUT2D eigenvalue weighted by Crippen LogP contribution is 2.27. The van der Waals surface area contributed by atoms with Crippen LogP contribution in [0.2, 0.25) is 0 Å². The van der Waals surface area contributed by atoms with Crippen LogP contribution in [-0.4, -0.2) is 49.7 Å². The van der Waals surface area contributed by atoms with Gasteiger partial charge in [-0.05, 0) is 37.0 Å². The molecule has 1 unspecified atom stereocenters. The zero-order chi connectivity index (χ0) is 17.6. The maximum Gasteiger partial charge on any atom is 0.335 e. The van der Waals surface area contributed by atoms with Crippen LogP contribution in [0.25, 0.3) is 0 Å². The van der Waals surface area contributed by atoms with E-state index in [0.29, 0.717) is 25.1 Å². The summed E-state index contributed by atoms with van der Waals surface area (Å²) in [6.45, 7) is 2.19. The third-order valence-electron chi connectivity index (χ3n) is 4.65. The first-order valence-electron chi connectivity index (χ1n) is 8.57. The van der Waals surface area contributed by atoms with Gasteiger partial charge in [0.1, 0.15) is 12.7 Å². The van der Waals surface area contributed by atoms with Gasteiger partial charge in [-0.1, -0.05) is 12.1 Å². The Labute approximate surface area is 146 Å². The number of rotatable bonds is 6. The number of carbonyl (C=O) groups is 2. The van der Waals surface area contributed by atoms with E-state index in [9.17, 15) is 9.59 Å². The molecule has 0 aliphatic carbocycles. The second kappa shape index (κ2) is 7.92. The summed E-state index contributed by atoms with van der Waals surface area (Å²) in [6, 6.07) is 7.01. The SMILES string of the molecule is O=C(O)c1ccc(C2CCCN(C(=O)CCCn3cncn3)C2)cc1. The smallest absolute Gasteiger partial charge is 0.335 e. The lowest BCUT2D eigenvalue weighted by Gasteiger charge is -2.33. The molecule has 1 saturated heterocycles. The largest absolute Gasteiger partial charge is 0.478 e. The molecule has 2 heterocycles. The number of piperidine rings is 1. The number of amides is 1. The Bertz CT molecular complexity index is 712. The Hall–Kier alpha value is -2.70. The lowest BCUT2D eigenvalue weighted by molar-refractivity contribution is -0.132. The van der Waals surface area contributed by atoms with Gasteiger partial charge in [0.25, 0.3) is 0 Å². The summed E-state index contributed by atoms with van der Waals surface area (Å²) in [4.78, 5) is 29.2. The van der Waals surface area contributed by atoms with Crippen molar-refractivity contribution in [2.24, 2.45) is 0 Å². The molecule has 3 rings (SSSR count). The highest BCUT2D eigenvalue weighted by molar-refractivity contribution is 5.87. The van der Waals surface area contributed by atoms with Crippen LogP contribution < -0.4 is 0 Å². The van der Waals surface area contributed by atoms with Gasteiger partial charge in [0.2, 0.25) is 5.91 Å². The number of aryl methyl sites for hydroxylation is 1. The first-order chi connectivity index (χ1) is 12.1. The number of likely N-dealkylation sites (tertiary alicyclic amines) is 1. The summed E-state index contributed by atoms with van der Waals surface area (Å²) in [7, 11) is 0. The second-order valence-electron chi connectivity index (χ2n) is 6.37. The van der Waals surface area contributed by atoms with Gasteiger partial charge in [0.05, 0.1) is 5.56 Å². The van der Waals surface area contributed by atoms with Crippen LogP contribution in [-0.2, 0) is 11.3 Å². The normalized spacial score (nSPS) is 17.4. The molecule has 1 aromatic carbocycles. The van der Waals surface area contributed by atoms with Crippen molar-refractivity contribution in [3.05, 3.63) is 48.0 Å². The lowest BCUT2D eigenvalue weighted by atomic mass is 9.90. The number of nitrogens with zero attached hydrogens (tertiary/aromatic N) is 4. The summed E-state index contributed by atoms with van der Waals surface area (Å²) in [5.74, 6) is -0.470. The van der Waals surface area contributed by atoms with Gasteiger partial charge >= 0.3 is 5.97 Å². The van der Waals surface area contributed by atoms with Crippen LogP contribution >= 0.6 is 0 Å². The lowest BCUT2D eigenvalue weighted by Crippen LogP contribution is -2.39. The minimum absolute atomic E-state index is 0.173. The molecule has 1 aliphatic rings. The zero-order valence-corrected chi connectivity index (χ0v) is 14.0. The summed E-state index contributed by atoms with van der Waals surface area (Å²) < 4.78 is 1.73. The molecular weight excluding hydrogens is 320 g/mol. The van der Waals surface area contributed by atoms with Crippen LogP contribution in [0.15, 0.2) is 36.9 Å². The van der Waals surface area contributed by atoms with E-state index in [1.165, 1.54) is 6.33 Å². The maximum absolute atomic E-state index is 12.4. The van der Waals surface area contributed by atoms with Crippen molar-refractivity contribution in [3.8, 4) is 0 Å². The molecule has 0 bridgehead atoms. The van der Waals surface area contributed by atoms with Crippen molar-refractivity contribution in [3.63, 3.8) is 0 Å². The molecule has 1 aliphatic heterocycles. The molecule has 7 heteroatoms. The van der Waals surface area contributed by atoms with Crippen LogP contribution in [0.3, 0.4) is 0 Å². The number of carboxylic acids is 1. The summed E-state index contributed by atoms with van der Waals surface area (Å²) in [6.07, 6.45) is 6.39. The van der Waals surface area contributed by atoms with Crippen molar-refractivity contribution in [1.29, 1.82) is 0 Å². The third kappa shape index (κ3) is 4.43. The van der Waals surface area contributed by atoms with E-state index in [2.05, 4.69) is 10.1 Å². The van der Waals surface area contributed by atoms with Crippen molar-refractivity contribution in [2.45, 2.75) is 38.1 Å². The zero-order valence-electron chi connectivity index (χ0n) is 14.0. The number of carboxylic acid groups (broad SMARTS) is 1. The quantitative estimate of drug-likeness (QED) is 0.869. The van der Waals surface area contributed by atoms with Gasteiger partial charge in [0.15, 0.2) is 0 Å². The number of aromatic carboxylic acids is 1. The van der Waals surface area contributed by atoms with Gasteiger partial charge in [-0.15, -0.1) is 0 Å². The van der Waals surface area contributed by atoms with Crippen molar-refractivity contribution in [1.82, 2.24) is 19.7 Å². The van der Waals surface area contributed by atoms with E-state index < -0.39 is 5.97 Å². The van der Waals surface area contributed by atoms with Gasteiger partial charge in [-0.2, -0.15) is 5.10 Å². The van der Waals surface area contributed by atoms with Gasteiger partial charge in [-0.3, -0.25) is 9.48 Å². The first-order valence-corrected chi connectivity index (χ1v) is 8.57. The number of hydrogen-bond donors (Lipinski definition) is 1. The Kier molecular flexibility index (Phi) is 5.42. The highest BCUT2D eigenvalue weighted by atomic mass is 16.4. The fourth-order valence-electron chi connectivity index (χ4n) is 3.27. The van der Waals surface area contributed by atoms with E-state index in [1.807, 2.05) is 17.0 Å². The third-order valence-corrected chi connectivity index (χ3v) is 4.65. The topological polar surface area (TPSA) is 88.3 Å². The van der Waals surface area contributed by atoms with E-state index in [-0.39, 0.29) is 11.8 Å². The molecule has 7 nitrogen and oxygen atoms in total. The van der Waals surface area contributed by atoms with Crippen molar-refractivity contribution in [2.75, 3.05) is 13.1 Å². The van der Waals surface area contributed by atoms with E-state index >= 15 is 0 Å². The van der Waals surface area contributed by atoms with E-state index in [1.54, 1.807) is 23.1 Å². The molecule has 0 radical (unpaired) electrons. The Balaban J connectivity index is 1.53. The van der Waals surface area contributed by atoms with Crippen molar-refractivity contribution < 1.29 is 14.7 Å². The second-order valence-corrected chi connectivity index (χ2v) is 6.37. The van der Waals surface area contributed by atoms with Crippen molar-refractivity contribution >= 4 is 11.9 Å². The molecule has 1 N–H and O–H groups in total.